The standard InChI is InChI=1S/C27H30N6O/c1-19(34)20-3-5-22(6-4-20)31-11-13-32(14-12-31)25-8-7-24-21(17-28)18-33(26(24)30-25)23-15-27(16-23)9-2-10-29-27/h3-8,18,23,29H,2,9-16H2,1H3/t23-,27-. The van der Waals surface area contributed by atoms with Gasteiger partial charge in [0.2, 0.25) is 0 Å². The molecule has 2 aliphatic heterocycles. The molecule has 4 heterocycles. The molecule has 0 amide bonds. The minimum atomic E-state index is 0.0960. The molecule has 1 aromatic carbocycles. The number of carbonyl (C=O) groups is 1. The van der Waals surface area contributed by atoms with E-state index in [9.17, 15) is 10.1 Å². The molecule has 7 heteroatoms. The van der Waals surface area contributed by atoms with Crippen molar-refractivity contribution in [2.24, 2.45) is 0 Å². The molecule has 0 unspecified atom stereocenters. The second-order valence-corrected chi connectivity index (χ2v) is 10.1. The fourth-order valence-electron chi connectivity index (χ4n) is 6.02. The Hall–Kier alpha value is -3.37. The van der Waals surface area contributed by atoms with Crippen molar-refractivity contribution in [3.05, 3.63) is 53.7 Å². The Morgan fingerprint density at radius 1 is 1.09 bits per heavy atom. The summed E-state index contributed by atoms with van der Waals surface area (Å²) in [5, 5.41) is 14.3. The molecule has 3 fully saturated rings. The number of ketones is 1. The van der Waals surface area contributed by atoms with E-state index < -0.39 is 0 Å². The van der Waals surface area contributed by atoms with Gasteiger partial charge in [-0.1, -0.05) is 0 Å². The predicted octanol–water partition coefficient (Wildman–Crippen LogP) is 3.89. The summed E-state index contributed by atoms with van der Waals surface area (Å²) in [5.41, 5.74) is 3.87. The quantitative estimate of drug-likeness (QED) is 0.603. The number of hydrogen-bond acceptors (Lipinski definition) is 6. The van der Waals surface area contributed by atoms with Crippen LogP contribution in [0.4, 0.5) is 11.5 Å². The number of nitriles is 1. The van der Waals surface area contributed by atoms with E-state index in [4.69, 9.17) is 4.98 Å². The first-order chi connectivity index (χ1) is 16.5. The summed E-state index contributed by atoms with van der Waals surface area (Å²) in [6.07, 6.45) is 6.77. The highest BCUT2D eigenvalue weighted by Crippen LogP contribution is 2.47. The number of nitrogens with zero attached hydrogens (tertiary/aromatic N) is 5. The smallest absolute Gasteiger partial charge is 0.159 e. The lowest BCUT2D eigenvalue weighted by molar-refractivity contribution is 0.101. The average molecular weight is 455 g/mol. The monoisotopic (exact) mass is 454 g/mol. The number of hydrogen-bond donors (Lipinski definition) is 1. The van der Waals surface area contributed by atoms with Crippen molar-refractivity contribution in [1.29, 1.82) is 5.26 Å². The number of nitrogens with one attached hydrogen (secondary N) is 1. The minimum Gasteiger partial charge on any atom is -0.368 e. The highest BCUT2D eigenvalue weighted by molar-refractivity contribution is 5.94. The summed E-state index contributed by atoms with van der Waals surface area (Å²) in [6.45, 7) is 6.30. The molecular weight excluding hydrogens is 424 g/mol. The van der Waals surface area contributed by atoms with Crippen LogP contribution in [0, 0.1) is 11.3 Å². The summed E-state index contributed by atoms with van der Waals surface area (Å²) in [6, 6.07) is 14.8. The molecule has 2 aromatic heterocycles. The molecule has 1 N–H and O–H groups in total. The zero-order chi connectivity index (χ0) is 23.3. The number of pyridine rings is 1. The van der Waals surface area contributed by atoms with Crippen molar-refractivity contribution < 1.29 is 4.79 Å². The summed E-state index contributed by atoms with van der Waals surface area (Å²) >= 11 is 0. The van der Waals surface area contributed by atoms with E-state index in [0.717, 1.165) is 73.7 Å². The van der Waals surface area contributed by atoms with Gasteiger partial charge in [0, 0.05) is 60.6 Å². The Balaban J connectivity index is 1.20. The van der Waals surface area contributed by atoms with Crippen LogP contribution in [-0.4, -0.2) is 53.6 Å². The van der Waals surface area contributed by atoms with Gasteiger partial charge in [0.05, 0.1) is 5.56 Å². The normalized spacial score (nSPS) is 24.4. The summed E-state index contributed by atoms with van der Waals surface area (Å²) in [5.74, 6) is 1.08. The van der Waals surface area contributed by atoms with Crippen LogP contribution in [-0.2, 0) is 0 Å². The Labute approximate surface area is 200 Å². The average Bonchev–Trinajstić information content (AvgIpc) is 3.48. The third-order valence-electron chi connectivity index (χ3n) is 8.00. The van der Waals surface area contributed by atoms with E-state index in [1.54, 1.807) is 6.92 Å². The fraction of sp³-hybridized carbons (Fsp3) is 0.444. The van der Waals surface area contributed by atoms with Crippen LogP contribution >= 0.6 is 0 Å². The van der Waals surface area contributed by atoms with Gasteiger partial charge in [0.15, 0.2) is 5.78 Å². The first-order valence-electron chi connectivity index (χ1n) is 12.3. The van der Waals surface area contributed by atoms with Crippen LogP contribution in [0.15, 0.2) is 42.6 Å². The molecule has 2 saturated heterocycles. The van der Waals surface area contributed by atoms with Gasteiger partial charge in [-0.15, -0.1) is 0 Å². The lowest BCUT2D eigenvalue weighted by Gasteiger charge is -2.46. The van der Waals surface area contributed by atoms with Gasteiger partial charge in [-0.05, 0) is 75.5 Å². The largest absolute Gasteiger partial charge is 0.368 e. The third-order valence-corrected chi connectivity index (χ3v) is 8.00. The molecule has 7 nitrogen and oxygen atoms in total. The van der Waals surface area contributed by atoms with Gasteiger partial charge >= 0.3 is 0 Å². The van der Waals surface area contributed by atoms with E-state index in [0.29, 0.717) is 17.1 Å². The number of benzene rings is 1. The molecule has 174 valence electrons. The molecule has 1 saturated carbocycles. The molecule has 1 aliphatic carbocycles. The van der Waals surface area contributed by atoms with E-state index in [1.807, 2.05) is 30.5 Å². The number of Topliss-reactive ketones (excluding diaryl/α,β-unsaturated/α-hetero) is 1. The SMILES string of the molecule is CC(=O)c1ccc(N2CCN(c3ccc4c(C#N)cn([C@H]5C[C@@]6(CCCN6)C5)c4n3)CC2)cc1. The molecule has 3 aromatic rings. The van der Waals surface area contributed by atoms with Gasteiger partial charge in [0.1, 0.15) is 17.5 Å². The van der Waals surface area contributed by atoms with Crippen LogP contribution in [0.5, 0.6) is 0 Å². The Kier molecular flexibility index (Phi) is 5.07. The second kappa shape index (κ2) is 8.14. The number of rotatable bonds is 4. The van der Waals surface area contributed by atoms with Crippen LogP contribution in [0.25, 0.3) is 11.0 Å². The highest BCUT2D eigenvalue weighted by atomic mass is 16.1. The van der Waals surface area contributed by atoms with Gasteiger partial charge in [0.25, 0.3) is 0 Å². The minimum absolute atomic E-state index is 0.0960. The molecule has 3 aliphatic rings. The van der Waals surface area contributed by atoms with E-state index in [2.05, 4.69) is 37.9 Å². The lowest BCUT2D eigenvalue weighted by atomic mass is 9.71. The predicted molar refractivity (Wildman–Crippen MR) is 134 cm³/mol. The Morgan fingerprint density at radius 2 is 1.82 bits per heavy atom. The molecule has 0 atom stereocenters. The maximum absolute atomic E-state index is 11.6. The van der Waals surface area contributed by atoms with E-state index in [1.165, 1.54) is 12.8 Å². The van der Waals surface area contributed by atoms with Gasteiger partial charge < -0.3 is 19.7 Å². The lowest BCUT2D eigenvalue weighted by Crippen LogP contribution is -2.51. The Bertz CT molecular complexity index is 1260. The van der Waals surface area contributed by atoms with Crippen molar-refractivity contribution in [3.63, 3.8) is 0 Å². The zero-order valence-corrected chi connectivity index (χ0v) is 19.6. The van der Waals surface area contributed by atoms with Gasteiger partial charge in [-0.2, -0.15) is 5.26 Å². The maximum atomic E-state index is 11.6. The van der Waals surface area contributed by atoms with Crippen molar-refractivity contribution in [2.75, 3.05) is 42.5 Å². The number of anilines is 2. The van der Waals surface area contributed by atoms with Crippen molar-refractivity contribution in [1.82, 2.24) is 14.9 Å². The first-order valence-corrected chi connectivity index (χ1v) is 12.3. The number of piperazine rings is 1. The van der Waals surface area contributed by atoms with Crippen LogP contribution in [0.2, 0.25) is 0 Å². The van der Waals surface area contributed by atoms with E-state index in [-0.39, 0.29) is 5.78 Å². The third kappa shape index (κ3) is 3.54. The van der Waals surface area contributed by atoms with Crippen LogP contribution in [0.1, 0.15) is 54.6 Å². The molecule has 34 heavy (non-hydrogen) atoms. The molecule has 1 spiro atoms. The maximum Gasteiger partial charge on any atom is 0.159 e. The summed E-state index contributed by atoms with van der Waals surface area (Å²) < 4.78 is 2.26. The van der Waals surface area contributed by atoms with Gasteiger partial charge in [-0.25, -0.2) is 4.98 Å². The summed E-state index contributed by atoms with van der Waals surface area (Å²) in [4.78, 5) is 21.3. The van der Waals surface area contributed by atoms with Crippen molar-refractivity contribution >= 4 is 28.3 Å². The van der Waals surface area contributed by atoms with E-state index >= 15 is 0 Å². The zero-order valence-electron chi connectivity index (χ0n) is 19.6. The topological polar surface area (TPSA) is 77.2 Å². The highest BCUT2D eigenvalue weighted by Gasteiger charge is 2.46. The molecule has 6 rings (SSSR count). The number of aromatic nitrogens is 2. The molecular formula is C27H30N6O. The summed E-state index contributed by atoms with van der Waals surface area (Å²) in [7, 11) is 0. The van der Waals surface area contributed by atoms with Gasteiger partial charge in [-0.3, -0.25) is 4.79 Å². The van der Waals surface area contributed by atoms with Crippen LogP contribution in [0.3, 0.4) is 0 Å². The van der Waals surface area contributed by atoms with Crippen molar-refractivity contribution in [3.8, 4) is 6.07 Å². The van der Waals surface area contributed by atoms with Crippen LogP contribution < -0.4 is 15.1 Å². The number of carbonyl (C=O) groups excluding carboxylic acids is 1. The number of fused-ring (bicyclic) bond motifs is 1. The molecule has 0 bridgehead atoms. The second-order valence-electron chi connectivity index (χ2n) is 10.1. The first kappa shape index (κ1) is 21.2. The van der Waals surface area contributed by atoms with Crippen molar-refractivity contribution in [2.45, 2.75) is 44.2 Å². The molecule has 0 radical (unpaired) electrons. The fourth-order valence-corrected chi connectivity index (χ4v) is 6.02. The Morgan fingerprint density at radius 3 is 2.47 bits per heavy atom.